The van der Waals surface area contributed by atoms with E-state index in [1.165, 1.54) is 7.11 Å². The van der Waals surface area contributed by atoms with E-state index in [0.717, 1.165) is 6.42 Å². The van der Waals surface area contributed by atoms with E-state index in [1.54, 1.807) is 13.2 Å². The van der Waals surface area contributed by atoms with Crippen molar-refractivity contribution in [2.45, 2.75) is 6.42 Å². The Morgan fingerprint density at radius 2 is 2.42 bits per heavy atom. The molecule has 3 heteroatoms. The van der Waals surface area contributed by atoms with Gasteiger partial charge in [-0.1, -0.05) is 6.08 Å². The number of carbonyl (C=O) groups excluding carboxylic acids is 1. The molecule has 1 rings (SSSR count). The van der Waals surface area contributed by atoms with E-state index in [4.69, 9.17) is 9.47 Å². The van der Waals surface area contributed by atoms with Gasteiger partial charge < -0.3 is 9.47 Å². The Hall–Kier alpha value is -0.830. The summed E-state index contributed by atoms with van der Waals surface area (Å²) in [5.74, 6) is 0.0409. The maximum atomic E-state index is 11.3. The van der Waals surface area contributed by atoms with E-state index in [2.05, 4.69) is 6.58 Å². The number of methoxy groups -OCH3 is 2. The second-order valence-corrected chi connectivity index (χ2v) is 3.13. The van der Waals surface area contributed by atoms with Crippen LogP contribution in [-0.2, 0) is 14.3 Å². The SMILES string of the molecule is C=C[C@@H]1C[C@]1(COC)C(=O)OC. The Kier molecular flexibility index (Phi) is 2.52. The van der Waals surface area contributed by atoms with Crippen molar-refractivity contribution in [1.82, 2.24) is 0 Å². The lowest BCUT2D eigenvalue weighted by molar-refractivity contribution is -0.149. The topological polar surface area (TPSA) is 35.5 Å². The molecule has 68 valence electrons. The predicted octanol–water partition coefficient (Wildman–Crippen LogP) is 0.998. The van der Waals surface area contributed by atoms with Gasteiger partial charge in [0.15, 0.2) is 0 Å². The molecular formula is C9H14O3. The summed E-state index contributed by atoms with van der Waals surface area (Å²) in [5.41, 5.74) is -0.425. The van der Waals surface area contributed by atoms with Gasteiger partial charge in [-0.2, -0.15) is 0 Å². The van der Waals surface area contributed by atoms with Crippen LogP contribution >= 0.6 is 0 Å². The second kappa shape index (κ2) is 3.27. The largest absolute Gasteiger partial charge is 0.469 e. The highest BCUT2D eigenvalue weighted by molar-refractivity contribution is 5.81. The number of carbonyl (C=O) groups is 1. The molecule has 0 aromatic carbocycles. The summed E-state index contributed by atoms with van der Waals surface area (Å²) in [6, 6.07) is 0. The smallest absolute Gasteiger partial charge is 0.314 e. The van der Waals surface area contributed by atoms with Crippen molar-refractivity contribution in [3.63, 3.8) is 0 Å². The maximum Gasteiger partial charge on any atom is 0.314 e. The fourth-order valence-electron chi connectivity index (χ4n) is 1.56. The highest BCUT2D eigenvalue weighted by Crippen LogP contribution is 2.54. The predicted molar refractivity (Wildman–Crippen MR) is 44.6 cm³/mol. The molecule has 0 radical (unpaired) electrons. The van der Waals surface area contributed by atoms with Crippen LogP contribution in [0.4, 0.5) is 0 Å². The van der Waals surface area contributed by atoms with Crippen molar-refractivity contribution in [3.8, 4) is 0 Å². The van der Waals surface area contributed by atoms with E-state index in [-0.39, 0.29) is 11.9 Å². The molecule has 0 aromatic heterocycles. The van der Waals surface area contributed by atoms with Gasteiger partial charge in [0, 0.05) is 7.11 Å². The Balaban J connectivity index is 2.64. The van der Waals surface area contributed by atoms with Crippen LogP contribution in [0.3, 0.4) is 0 Å². The van der Waals surface area contributed by atoms with Crippen molar-refractivity contribution in [3.05, 3.63) is 12.7 Å². The molecular weight excluding hydrogens is 156 g/mol. The lowest BCUT2D eigenvalue weighted by Gasteiger charge is -2.11. The van der Waals surface area contributed by atoms with Gasteiger partial charge in [-0.05, 0) is 12.3 Å². The van der Waals surface area contributed by atoms with Gasteiger partial charge in [0.05, 0.1) is 19.1 Å². The number of allylic oxidation sites excluding steroid dienone is 1. The van der Waals surface area contributed by atoms with Gasteiger partial charge in [-0.25, -0.2) is 0 Å². The molecule has 0 aromatic rings. The number of rotatable bonds is 4. The molecule has 1 fully saturated rings. The standard InChI is InChI=1S/C9H14O3/c1-4-7-5-9(7,6-11-2)8(10)12-3/h4,7H,1,5-6H2,2-3H3/t7-,9-/m1/s1. The van der Waals surface area contributed by atoms with Crippen LogP contribution in [0, 0.1) is 11.3 Å². The van der Waals surface area contributed by atoms with E-state index in [9.17, 15) is 4.79 Å². The molecule has 1 saturated carbocycles. The lowest BCUT2D eigenvalue weighted by atomic mass is 10.1. The summed E-state index contributed by atoms with van der Waals surface area (Å²) >= 11 is 0. The maximum absolute atomic E-state index is 11.3. The number of hydrogen-bond acceptors (Lipinski definition) is 3. The molecule has 0 amide bonds. The average molecular weight is 170 g/mol. The molecule has 0 saturated heterocycles. The van der Waals surface area contributed by atoms with E-state index in [1.807, 2.05) is 0 Å². The molecule has 0 bridgehead atoms. The van der Waals surface area contributed by atoms with E-state index >= 15 is 0 Å². The lowest BCUT2D eigenvalue weighted by Crippen LogP contribution is -2.24. The van der Waals surface area contributed by atoms with Crippen molar-refractivity contribution in [2.75, 3.05) is 20.8 Å². The summed E-state index contributed by atoms with van der Waals surface area (Å²) in [6.45, 7) is 4.08. The highest BCUT2D eigenvalue weighted by atomic mass is 16.5. The third-order valence-electron chi connectivity index (χ3n) is 2.41. The summed E-state index contributed by atoms with van der Waals surface area (Å²) in [7, 11) is 2.99. The number of ether oxygens (including phenoxy) is 2. The van der Waals surface area contributed by atoms with Crippen LogP contribution < -0.4 is 0 Å². The van der Waals surface area contributed by atoms with E-state index < -0.39 is 5.41 Å². The first kappa shape index (κ1) is 9.26. The first-order valence-corrected chi connectivity index (χ1v) is 3.91. The monoisotopic (exact) mass is 170 g/mol. The Morgan fingerprint density at radius 1 is 1.75 bits per heavy atom. The van der Waals surface area contributed by atoms with Crippen LogP contribution in [0.25, 0.3) is 0 Å². The summed E-state index contributed by atoms with van der Waals surface area (Å²) in [6.07, 6.45) is 2.59. The van der Waals surface area contributed by atoms with Gasteiger partial charge >= 0.3 is 5.97 Å². The minimum atomic E-state index is -0.425. The summed E-state index contributed by atoms with van der Waals surface area (Å²) in [4.78, 5) is 11.3. The van der Waals surface area contributed by atoms with Crippen LogP contribution in [0.1, 0.15) is 6.42 Å². The quantitative estimate of drug-likeness (QED) is 0.466. The first-order valence-electron chi connectivity index (χ1n) is 3.91. The Bertz CT molecular complexity index is 200. The third kappa shape index (κ3) is 1.25. The van der Waals surface area contributed by atoms with Gasteiger partial charge in [-0.3, -0.25) is 4.79 Å². The Labute approximate surface area is 72.4 Å². The molecule has 0 heterocycles. The molecule has 0 unspecified atom stereocenters. The van der Waals surface area contributed by atoms with Gasteiger partial charge in [0.1, 0.15) is 0 Å². The van der Waals surface area contributed by atoms with Crippen LogP contribution in [0.15, 0.2) is 12.7 Å². The van der Waals surface area contributed by atoms with Crippen LogP contribution in [0.5, 0.6) is 0 Å². The highest BCUT2D eigenvalue weighted by Gasteiger charge is 2.59. The van der Waals surface area contributed by atoms with Gasteiger partial charge in [0.25, 0.3) is 0 Å². The third-order valence-corrected chi connectivity index (χ3v) is 2.41. The minimum absolute atomic E-state index is 0.186. The van der Waals surface area contributed by atoms with Crippen molar-refractivity contribution in [2.24, 2.45) is 11.3 Å². The fourth-order valence-corrected chi connectivity index (χ4v) is 1.56. The van der Waals surface area contributed by atoms with Gasteiger partial charge in [-0.15, -0.1) is 6.58 Å². The van der Waals surface area contributed by atoms with Crippen LogP contribution in [0.2, 0.25) is 0 Å². The normalized spacial score (nSPS) is 32.7. The summed E-state index contributed by atoms with van der Waals surface area (Å²) in [5, 5.41) is 0. The van der Waals surface area contributed by atoms with Gasteiger partial charge in [0.2, 0.25) is 0 Å². The Morgan fingerprint density at radius 3 is 2.75 bits per heavy atom. The molecule has 2 atom stereocenters. The molecule has 0 aliphatic heterocycles. The zero-order valence-electron chi connectivity index (χ0n) is 7.50. The molecule has 1 aliphatic rings. The van der Waals surface area contributed by atoms with Crippen LogP contribution in [-0.4, -0.2) is 26.8 Å². The molecule has 12 heavy (non-hydrogen) atoms. The first-order chi connectivity index (χ1) is 5.71. The summed E-state index contributed by atoms with van der Waals surface area (Å²) < 4.78 is 9.67. The zero-order valence-corrected chi connectivity index (χ0v) is 7.50. The van der Waals surface area contributed by atoms with E-state index in [0.29, 0.717) is 6.61 Å². The van der Waals surface area contributed by atoms with Crippen molar-refractivity contribution < 1.29 is 14.3 Å². The van der Waals surface area contributed by atoms with Crippen molar-refractivity contribution in [1.29, 1.82) is 0 Å². The molecule has 0 N–H and O–H groups in total. The second-order valence-electron chi connectivity index (χ2n) is 3.13. The number of hydrogen-bond donors (Lipinski definition) is 0. The molecule has 0 spiro atoms. The zero-order chi connectivity index (χ0) is 9.19. The molecule has 3 nitrogen and oxygen atoms in total. The fraction of sp³-hybridized carbons (Fsp3) is 0.667. The van der Waals surface area contributed by atoms with Crippen molar-refractivity contribution >= 4 is 5.97 Å². The minimum Gasteiger partial charge on any atom is -0.469 e. The number of esters is 1. The average Bonchev–Trinajstić information content (AvgIpc) is 2.79. The molecule has 1 aliphatic carbocycles.